The normalized spacial score (nSPS) is 16.5. The lowest BCUT2D eigenvalue weighted by Crippen LogP contribution is -2.42. The van der Waals surface area contributed by atoms with Gasteiger partial charge in [-0.25, -0.2) is 27.7 Å². The van der Waals surface area contributed by atoms with Crippen LogP contribution in [0.5, 0.6) is 0 Å². The summed E-state index contributed by atoms with van der Waals surface area (Å²) in [5, 5.41) is 12.7. The molecule has 0 aromatic carbocycles. The number of alkyl halides is 3. The van der Waals surface area contributed by atoms with Crippen LogP contribution in [0.4, 0.5) is 19.1 Å². The third-order valence-electron chi connectivity index (χ3n) is 6.68. The van der Waals surface area contributed by atoms with E-state index in [-0.39, 0.29) is 44.8 Å². The smallest absolute Gasteiger partial charge is 0.410 e. The first-order valence-electron chi connectivity index (χ1n) is 11.6. The number of sulfonamides is 1. The van der Waals surface area contributed by atoms with Gasteiger partial charge in [0, 0.05) is 19.1 Å². The Morgan fingerprint density at radius 2 is 1.86 bits per heavy atom. The van der Waals surface area contributed by atoms with Crippen LogP contribution in [0, 0.1) is 11.3 Å². The number of anilines is 1. The molecule has 3 heterocycles. The van der Waals surface area contributed by atoms with Crippen LogP contribution in [0.25, 0.3) is 10.6 Å². The lowest BCUT2D eigenvalue weighted by Gasteiger charge is -2.35. The summed E-state index contributed by atoms with van der Waals surface area (Å²) >= 11 is 0.802. The average molecular weight is 577 g/mol. The molecule has 204 valence electrons. The van der Waals surface area contributed by atoms with Crippen LogP contribution in [0.1, 0.15) is 49.9 Å². The summed E-state index contributed by atoms with van der Waals surface area (Å²) in [7, 11) is -5.53. The van der Waals surface area contributed by atoms with E-state index >= 15 is 0 Å². The van der Waals surface area contributed by atoms with Crippen molar-refractivity contribution in [3.05, 3.63) is 22.5 Å². The zero-order chi connectivity index (χ0) is 27.8. The number of halogens is 3. The van der Waals surface area contributed by atoms with Crippen LogP contribution in [-0.2, 0) is 27.2 Å². The summed E-state index contributed by atoms with van der Waals surface area (Å²) in [5.41, 5.74) is -1.38. The molecule has 3 rings (SSSR count). The van der Waals surface area contributed by atoms with Crippen LogP contribution in [0.3, 0.4) is 0 Å². The number of piperidine rings is 1. The Hall–Kier alpha value is -2.12. The quantitative estimate of drug-likeness (QED) is 0.465. The predicted octanol–water partition coefficient (Wildman–Crippen LogP) is 4.85. The van der Waals surface area contributed by atoms with Gasteiger partial charge in [0.25, 0.3) is 0 Å². The standard InChI is InChI=1S/C22H31F3N6O3S2Si/c1-21(2,3)37(5,6)34-13-16-29-19(22(23,24)25)18(35-16)17-14(11-26)12-27-20(30-17)28-15-7-9-31(10-8-15)36(4,32)33/h12,15H,7-10,13H2,1-6H3,(H,27,28,30). The molecule has 1 fully saturated rings. The third kappa shape index (κ3) is 7.05. The molecular weight excluding hydrogens is 545 g/mol. The van der Waals surface area contributed by atoms with Crippen LogP contribution in [0.15, 0.2) is 6.20 Å². The number of rotatable bonds is 7. The van der Waals surface area contributed by atoms with E-state index in [0.717, 1.165) is 17.6 Å². The minimum atomic E-state index is -4.76. The maximum Gasteiger partial charge on any atom is 0.434 e. The minimum Gasteiger partial charge on any atom is -0.410 e. The van der Waals surface area contributed by atoms with Gasteiger partial charge in [-0.1, -0.05) is 20.8 Å². The molecule has 37 heavy (non-hydrogen) atoms. The first-order chi connectivity index (χ1) is 16.9. The van der Waals surface area contributed by atoms with Crippen molar-refractivity contribution in [1.29, 1.82) is 5.26 Å². The molecule has 9 nitrogen and oxygen atoms in total. The molecule has 2 aromatic rings. The molecule has 1 aliphatic heterocycles. The van der Waals surface area contributed by atoms with Gasteiger partial charge in [-0.2, -0.15) is 18.4 Å². The summed E-state index contributed by atoms with van der Waals surface area (Å²) in [6.45, 7) is 10.7. The molecule has 0 unspecified atom stereocenters. The van der Waals surface area contributed by atoms with Crippen molar-refractivity contribution in [2.75, 3.05) is 24.7 Å². The number of aromatic nitrogens is 3. The van der Waals surface area contributed by atoms with Crippen LogP contribution in [-0.4, -0.2) is 61.4 Å². The number of nitrogens with zero attached hydrogens (tertiary/aromatic N) is 5. The second-order valence-corrected chi connectivity index (χ2v) is 18.4. The van der Waals surface area contributed by atoms with E-state index in [0.29, 0.717) is 25.9 Å². The van der Waals surface area contributed by atoms with Crippen LogP contribution < -0.4 is 5.32 Å². The van der Waals surface area contributed by atoms with E-state index in [2.05, 4.69) is 20.3 Å². The Balaban J connectivity index is 1.90. The Bertz CT molecular complexity index is 1280. The molecule has 1 aliphatic rings. The summed E-state index contributed by atoms with van der Waals surface area (Å²) in [6, 6.07) is 1.70. The summed E-state index contributed by atoms with van der Waals surface area (Å²) in [6.07, 6.45) is -1.47. The number of hydrogen-bond donors (Lipinski definition) is 1. The maximum absolute atomic E-state index is 14.0. The lowest BCUT2D eigenvalue weighted by atomic mass is 10.1. The largest absolute Gasteiger partial charge is 0.434 e. The van der Waals surface area contributed by atoms with E-state index in [1.54, 1.807) is 0 Å². The third-order valence-corrected chi connectivity index (χ3v) is 13.5. The van der Waals surface area contributed by atoms with Crippen molar-refractivity contribution in [3.63, 3.8) is 0 Å². The Morgan fingerprint density at radius 1 is 1.24 bits per heavy atom. The first-order valence-corrected chi connectivity index (χ1v) is 17.2. The van der Waals surface area contributed by atoms with E-state index in [1.807, 2.05) is 39.9 Å². The SMILES string of the molecule is CC(C)(C)[Si](C)(C)OCc1nc(C(F)(F)F)c(-c2nc(NC3CCN(S(C)(=O)=O)CC3)ncc2C#N)s1. The molecule has 0 saturated carbocycles. The molecule has 0 atom stereocenters. The fourth-order valence-corrected chi connectivity index (χ4v) is 6.37. The molecule has 2 aromatic heterocycles. The van der Waals surface area contributed by atoms with E-state index in [4.69, 9.17) is 4.43 Å². The Morgan fingerprint density at radius 3 is 2.38 bits per heavy atom. The highest BCUT2D eigenvalue weighted by molar-refractivity contribution is 7.88. The monoisotopic (exact) mass is 576 g/mol. The van der Waals surface area contributed by atoms with Crippen molar-refractivity contribution in [2.24, 2.45) is 0 Å². The van der Waals surface area contributed by atoms with Crippen LogP contribution >= 0.6 is 11.3 Å². The summed E-state index contributed by atoms with van der Waals surface area (Å²) in [4.78, 5) is 11.9. The molecule has 0 amide bonds. The average Bonchev–Trinajstić information content (AvgIpc) is 3.22. The van der Waals surface area contributed by atoms with Crippen molar-refractivity contribution in [1.82, 2.24) is 19.3 Å². The van der Waals surface area contributed by atoms with Gasteiger partial charge in [-0.15, -0.1) is 11.3 Å². The highest BCUT2D eigenvalue weighted by atomic mass is 32.2. The number of hydrogen-bond acceptors (Lipinski definition) is 9. The van der Waals surface area contributed by atoms with Gasteiger partial charge in [-0.3, -0.25) is 0 Å². The second kappa shape index (κ2) is 10.6. The molecule has 1 saturated heterocycles. The van der Waals surface area contributed by atoms with Gasteiger partial charge >= 0.3 is 6.18 Å². The molecular formula is C22H31F3N6O3S2Si. The Labute approximate surface area is 220 Å². The second-order valence-electron chi connectivity index (χ2n) is 10.5. The first kappa shape index (κ1) is 29.4. The number of thiazole rings is 1. The molecule has 0 bridgehead atoms. The zero-order valence-electron chi connectivity index (χ0n) is 21.6. The number of nitrogens with one attached hydrogen (secondary N) is 1. The van der Waals surface area contributed by atoms with Crippen molar-refractivity contribution >= 4 is 35.6 Å². The topological polar surface area (TPSA) is 121 Å². The van der Waals surface area contributed by atoms with E-state index in [1.165, 1.54) is 10.5 Å². The van der Waals surface area contributed by atoms with Gasteiger partial charge < -0.3 is 9.74 Å². The van der Waals surface area contributed by atoms with Crippen molar-refractivity contribution in [2.45, 2.75) is 70.6 Å². The van der Waals surface area contributed by atoms with Crippen molar-refractivity contribution in [3.8, 4) is 16.6 Å². The van der Waals surface area contributed by atoms with Crippen molar-refractivity contribution < 1.29 is 26.0 Å². The minimum absolute atomic E-state index is 0.0624. The summed E-state index contributed by atoms with van der Waals surface area (Å²) < 4.78 is 72.8. The number of nitriles is 1. The fourth-order valence-electron chi connectivity index (χ4n) is 3.46. The van der Waals surface area contributed by atoms with Gasteiger partial charge in [0.1, 0.15) is 16.8 Å². The molecule has 0 spiro atoms. The van der Waals surface area contributed by atoms with E-state index in [9.17, 15) is 26.9 Å². The van der Waals surface area contributed by atoms with Gasteiger partial charge in [-0.05, 0) is 31.0 Å². The maximum atomic E-state index is 14.0. The molecule has 15 heteroatoms. The van der Waals surface area contributed by atoms with Gasteiger partial charge in [0.2, 0.25) is 16.0 Å². The summed E-state index contributed by atoms with van der Waals surface area (Å²) in [5.74, 6) is 0.0624. The van der Waals surface area contributed by atoms with Crippen LogP contribution in [0.2, 0.25) is 18.1 Å². The molecule has 1 N–H and O–H groups in total. The molecule has 0 aliphatic carbocycles. The zero-order valence-corrected chi connectivity index (χ0v) is 24.2. The Kier molecular flexibility index (Phi) is 8.40. The highest BCUT2D eigenvalue weighted by Crippen LogP contribution is 2.42. The highest BCUT2D eigenvalue weighted by Gasteiger charge is 2.41. The lowest BCUT2D eigenvalue weighted by molar-refractivity contribution is -0.140. The predicted molar refractivity (Wildman–Crippen MR) is 138 cm³/mol. The van der Waals surface area contributed by atoms with Gasteiger partial charge in [0.05, 0.1) is 29.5 Å². The van der Waals surface area contributed by atoms with Gasteiger partial charge in [0.15, 0.2) is 14.0 Å². The van der Waals surface area contributed by atoms with E-state index < -0.39 is 30.2 Å². The molecule has 0 radical (unpaired) electrons. The fraction of sp³-hybridized carbons (Fsp3) is 0.636.